The van der Waals surface area contributed by atoms with Crippen molar-refractivity contribution in [3.8, 4) is 0 Å². The summed E-state index contributed by atoms with van der Waals surface area (Å²) in [7, 11) is 1.73. The molecule has 5 nitrogen and oxygen atoms in total. The molecule has 0 aliphatic carbocycles. The van der Waals surface area contributed by atoms with E-state index in [2.05, 4.69) is 45.0 Å². The molecule has 0 aliphatic heterocycles. The van der Waals surface area contributed by atoms with E-state index < -0.39 is 0 Å². The molecule has 2 rings (SSSR count). The quantitative estimate of drug-likeness (QED) is 0.490. The monoisotopic (exact) mass is 274 g/mol. The third-order valence-corrected chi connectivity index (χ3v) is 3.15. The van der Waals surface area contributed by atoms with E-state index >= 15 is 0 Å². The lowest BCUT2D eigenvalue weighted by atomic mass is 10.1. The lowest BCUT2D eigenvalue weighted by Gasteiger charge is -2.12. The predicted molar refractivity (Wildman–Crippen MR) is 83.0 cm³/mol. The Morgan fingerprint density at radius 1 is 1.35 bits per heavy atom. The number of fused-ring (bicyclic) bond motifs is 1. The van der Waals surface area contributed by atoms with E-state index in [0.29, 0.717) is 12.5 Å². The summed E-state index contributed by atoms with van der Waals surface area (Å²) in [6, 6.07) is 8.29. The highest BCUT2D eigenvalue weighted by Crippen LogP contribution is 2.17. The second-order valence-corrected chi connectivity index (χ2v) is 4.84. The van der Waals surface area contributed by atoms with E-state index in [1.165, 1.54) is 16.5 Å². The minimum absolute atomic E-state index is 0.387. The maximum Gasteiger partial charge on any atom is 0.191 e. The number of benzene rings is 1. The van der Waals surface area contributed by atoms with Crippen LogP contribution in [0.2, 0.25) is 0 Å². The Morgan fingerprint density at radius 2 is 2.15 bits per heavy atom. The summed E-state index contributed by atoms with van der Waals surface area (Å²) >= 11 is 0. The van der Waals surface area contributed by atoms with Crippen molar-refractivity contribution >= 4 is 16.9 Å². The second kappa shape index (κ2) is 6.96. The SMILES string of the molecule is CN=C(NCCc1c[nH]c2ccccc12)NCC(C)O. The van der Waals surface area contributed by atoms with Crippen LogP contribution in [0.5, 0.6) is 0 Å². The Hall–Kier alpha value is -2.01. The van der Waals surface area contributed by atoms with E-state index in [4.69, 9.17) is 0 Å². The first-order chi connectivity index (χ1) is 9.70. The van der Waals surface area contributed by atoms with Crippen molar-refractivity contribution in [2.45, 2.75) is 19.4 Å². The van der Waals surface area contributed by atoms with Crippen LogP contribution in [-0.2, 0) is 6.42 Å². The van der Waals surface area contributed by atoms with Crippen LogP contribution in [0.1, 0.15) is 12.5 Å². The molecule has 1 aromatic heterocycles. The van der Waals surface area contributed by atoms with Crippen LogP contribution < -0.4 is 10.6 Å². The summed E-state index contributed by atoms with van der Waals surface area (Å²) in [5, 5.41) is 16.8. The molecule has 1 heterocycles. The minimum Gasteiger partial charge on any atom is -0.392 e. The highest BCUT2D eigenvalue weighted by atomic mass is 16.3. The van der Waals surface area contributed by atoms with Crippen molar-refractivity contribution in [1.82, 2.24) is 15.6 Å². The van der Waals surface area contributed by atoms with Gasteiger partial charge in [-0.05, 0) is 25.0 Å². The molecule has 1 aromatic carbocycles. The van der Waals surface area contributed by atoms with Gasteiger partial charge in [-0.15, -0.1) is 0 Å². The molecule has 108 valence electrons. The van der Waals surface area contributed by atoms with Gasteiger partial charge in [0.25, 0.3) is 0 Å². The lowest BCUT2D eigenvalue weighted by molar-refractivity contribution is 0.197. The molecule has 4 N–H and O–H groups in total. The fourth-order valence-corrected chi connectivity index (χ4v) is 2.12. The van der Waals surface area contributed by atoms with Crippen LogP contribution in [0.4, 0.5) is 0 Å². The Morgan fingerprint density at radius 3 is 2.90 bits per heavy atom. The first-order valence-electron chi connectivity index (χ1n) is 6.88. The highest BCUT2D eigenvalue weighted by Gasteiger charge is 2.04. The average Bonchev–Trinajstić information content (AvgIpc) is 2.86. The van der Waals surface area contributed by atoms with Crippen LogP contribution in [0.15, 0.2) is 35.5 Å². The molecule has 0 bridgehead atoms. The summed E-state index contributed by atoms with van der Waals surface area (Å²) in [6.45, 7) is 3.03. The zero-order valence-corrected chi connectivity index (χ0v) is 12.0. The number of nitrogens with zero attached hydrogens (tertiary/aromatic N) is 1. The molecule has 0 fully saturated rings. The Labute approximate surface area is 119 Å². The van der Waals surface area contributed by atoms with Gasteiger partial charge < -0.3 is 20.7 Å². The summed E-state index contributed by atoms with van der Waals surface area (Å²) < 4.78 is 0. The first-order valence-corrected chi connectivity index (χ1v) is 6.88. The molecule has 0 saturated carbocycles. The molecular formula is C15H22N4O. The average molecular weight is 274 g/mol. The number of rotatable bonds is 5. The van der Waals surface area contributed by atoms with Crippen molar-refractivity contribution in [2.24, 2.45) is 4.99 Å². The maximum absolute atomic E-state index is 9.24. The van der Waals surface area contributed by atoms with E-state index in [1.54, 1.807) is 14.0 Å². The number of hydrogen-bond acceptors (Lipinski definition) is 2. The molecule has 1 unspecified atom stereocenters. The highest BCUT2D eigenvalue weighted by molar-refractivity contribution is 5.83. The molecule has 5 heteroatoms. The summed E-state index contributed by atoms with van der Waals surface area (Å²) in [5.41, 5.74) is 2.46. The fourth-order valence-electron chi connectivity index (χ4n) is 2.12. The second-order valence-electron chi connectivity index (χ2n) is 4.84. The lowest BCUT2D eigenvalue weighted by Crippen LogP contribution is -2.41. The topological polar surface area (TPSA) is 72.4 Å². The van der Waals surface area contributed by atoms with Crippen LogP contribution >= 0.6 is 0 Å². The molecule has 1 atom stereocenters. The number of para-hydroxylation sites is 1. The standard InChI is InChI=1S/C15H22N4O/c1-11(20)9-19-15(16-2)17-8-7-12-10-18-14-6-4-3-5-13(12)14/h3-6,10-11,18,20H,7-9H2,1-2H3,(H2,16,17,19). The number of H-pyrrole nitrogens is 1. The summed E-state index contributed by atoms with van der Waals surface area (Å²) in [6.07, 6.45) is 2.58. The Bertz CT molecular complexity index is 574. The first kappa shape index (κ1) is 14.4. The van der Waals surface area contributed by atoms with E-state index in [1.807, 2.05) is 6.07 Å². The third kappa shape index (κ3) is 3.74. The zero-order valence-electron chi connectivity index (χ0n) is 12.0. The van der Waals surface area contributed by atoms with Crippen molar-refractivity contribution in [2.75, 3.05) is 20.1 Å². The third-order valence-electron chi connectivity index (χ3n) is 3.15. The molecule has 0 saturated heterocycles. The number of nitrogens with one attached hydrogen (secondary N) is 3. The number of aromatic nitrogens is 1. The van der Waals surface area contributed by atoms with Gasteiger partial charge in [-0.1, -0.05) is 18.2 Å². The van der Waals surface area contributed by atoms with Gasteiger partial charge in [-0.2, -0.15) is 0 Å². The molecular weight excluding hydrogens is 252 g/mol. The Kier molecular flexibility index (Phi) is 5.01. The Balaban J connectivity index is 1.86. The van der Waals surface area contributed by atoms with Gasteiger partial charge in [-0.25, -0.2) is 0 Å². The van der Waals surface area contributed by atoms with Gasteiger partial charge in [0, 0.05) is 37.2 Å². The van der Waals surface area contributed by atoms with Gasteiger partial charge in [0.1, 0.15) is 0 Å². The van der Waals surface area contributed by atoms with E-state index in [0.717, 1.165) is 13.0 Å². The van der Waals surface area contributed by atoms with E-state index in [-0.39, 0.29) is 6.10 Å². The van der Waals surface area contributed by atoms with Gasteiger partial charge in [0.2, 0.25) is 0 Å². The van der Waals surface area contributed by atoms with Gasteiger partial charge in [0.15, 0.2) is 5.96 Å². The minimum atomic E-state index is -0.387. The molecule has 0 radical (unpaired) electrons. The van der Waals surface area contributed by atoms with Crippen LogP contribution in [0.25, 0.3) is 10.9 Å². The maximum atomic E-state index is 9.24. The molecule has 20 heavy (non-hydrogen) atoms. The van der Waals surface area contributed by atoms with Gasteiger partial charge in [0.05, 0.1) is 6.10 Å². The normalized spacial score (nSPS) is 13.4. The molecule has 0 spiro atoms. The van der Waals surface area contributed by atoms with Crippen LogP contribution in [0, 0.1) is 0 Å². The molecule has 0 aliphatic rings. The van der Waals surface area contributed by atoms with Crippen molar-refractivity contribution in [1.29, 1.82) is 0 Å². The number of aliphatic imine (C=N–C) groups is 1. The number of hydrogen-bond donors (Lipinski definition) is 4. The number of guanidine groups is 1. The molecule has 2 aromatic rings. The largest absolute Gasteiger partial charge is 0.392 e. The fraction of sp³-hybridized carbons (Fsp3) is 0.400. The summed E-state index contributed by atoms with van der Waals surface area (Å²) in [5.74, 6) is 0.714. The predicted octanol–water partition coefficient (Wildman–Crippen LogP) is 1.26. The van der Waals surface area contributed by atoms with Gasteiger partial charge in [-0.3, -0.25) is 4.99 Å². The molecule has 0 amide bonds. The van der Waals surface area contributed by atoms with Crippen LogP contribution in [0.3, 0.4) is 0 Å². The van der Waals surface area contributed by atoms with Crippen molar-refractivity contribution < 1.29 is 5.11 Å². The zero-order chi connectivity index (χ0) is 14.4. The van der Waals surface area contributed by atoms with Crippen molar-refractivity contribution in [3.05, 3.63) is 36.0 Å². The summed E-state index contributed by atoms with van der Waals surface area (Å²) in [4.78, 5) is 7.39. The van der Waals surface area contributed by atoms with Gasteiger partial charge >= 0.3 is 0 Å². The van der Waals surface area contributed by atoms with Crippen LogP contribution in [-0.4, -0.2) is 42.3 Å². The van der Waals surface area contributed by atoms with E-state index in [9.17, 15) is 5.11 Å². The number of aromatic amines is 1. The number of aliphatic hydroxyl groups is 1. The number of aliphatic hydroxyl groups excluding tert-OH is 1. The smallest absolute Gasteiger partial charge is 0.191 e. The van der Waals surface area contributed by atoms with Crippen molar-refractivity contribution in [3.63, 3.8) is 0 Å².